The lowest BCUT2D eigenvalue weighted by atomic mass is 10.1. The van der Waals surface area contributed by atoms with Gasteiger partial charge in [-0.3, -0.25) is 4.99 Å². The number of ether oxygens (including phenoxy) is 1. The van der Waals surface area contributed by atoms with E-state index >= 15 is 0 Å². The van der Waals surface area contributed by atoms with Crippen LogP contribution in [0.25, 0.3) is 11.9 Å². The second-order valence-corrected chi connectivity index (χ2v) is 4.82. The summed E-state index contributed by atoms with van der Waals surface area (Å²) in [4.78, 5) is 18.7. The zero-order chi connectivity index (χ0) is 18.2. The van der Waals surface area contributed by atoms with Crippen molar-refractivity contribution >= 4 is 24.1 Å². The topological polar surface area (TPSA) is 89.6 Å². The first-order valence-electron chi connectivity index (χ1n) is 6.71. The molecular weight excluding hydrogens is 348 g/mol. The molecule has 0 saturated heterocycles. The van der Waals surface area contributed by atoms with E-state index in [-0.39, 0.29) is 23.5 Å². The smallest absolute Gasteiger partial charge is 0.475 e. The van der Waals surface area contributed by atoms with Crippen LogP contribution >= 0.6 is 0 Å². The van der Waals surface area contributed by atoms with Crippen molar-refractivity contribution in [3.05, 3.63) is 41.2 Å². The van der Waals surface area contributed by atoms with E-state index in [0.29, 0.717) is 6.07 Å². The summed E-state index contributed by atoms with van der Waals surface area (Å²) in [5.41, 5.74) is -0.0670. The highest BCUT2D eigenvalue weighted by atomic mass is 19.4. The molecule has 0 bridgehead atoms. The normalized spacial score (nSPS) is 13.8. The van der Waals surface area contributed by atoms with Crippen molar-refractivity contribution in [2.75, 3.05) is 0 Å². The number of aromatic carboxylic acids is 1. The Balaban J connectivity index is 1.97. The number of fused-ring (bicyclic) bond motifs is 1. The van der Waals surface area contributed by atoms with Gasteiger partial charge in [-0.25, -0.2) is 18.9 Å². The molecule has 3 rings (SSSR count). The number of hydrogen-bond acceptors (Lipinski definition) is 5. The first-order valence-corrected chi connectivity index (χ1v) is 6.71. The Bertz CT molecular complexity index is 902. The highest BCUT2D eigenvalue weighted by molar-refractivity contribution is 5.85. The summed E-state index contributed by atoms with van der Waals surface area (Å²) >= 11 is 0. The third-order valence-electron chi connectivity index (χ3n) is 3.09. The molecular formula is C14H8F4N4O3. The number of carboxylic acids is 1. The maximum Gasteiger partial charge on any atom is 0.573 e. The quantitative estimate of drug-likeness (QED) is 0.854. The molecule has 0 amide bonds. The number of aromatic nitrogens is 3. The maximum absolute atomic E-state index is 14.2. The number of alkyl halides is 3. The van der Waals surface area contributed by atoms with Crippen LogP contribution in [-0.4, -0.2) is 38.4 Å². The van der Waals surface area contributed by atoms with Gasteiger partial charge in [-0.15, -0.1) is 18.3 Å². The minimum Gasteiger partial charge on any atom is -0.475 e. The fourth-order valence-electron chi connectivity index (χ4n) is 2.10. The molecule has 1 aromatic heterocycles. The van der Waals surface area contributed by atoms with Crippen molar-refractivity contribution in [3.63, 3.8) is 0 Å². The molecule has 0 spiro atoms. The van der Waals surface area contributed by atoms with Crippen LogP contribution < -0.4 is 4.74 Å². The minimum atomic E-state index is -4.93. The van der Waals surface area contributed by atoms with Crippen LogP contribution in [0.3, 0.4) is 0 Å². The molecule has 11 heteroatoms. The molecule has 0 aliphatic carbocycles. The fraction of sp³-hybridized carbons (Fsp3) is 0.143. The summed E-state index contributed by atoms with van der Waals surface area (Å²) < 4.78 is 55.4. The SMILES string of the molecule is O=C(O)c1nc2n(n1)C=C(c1ccc(OC(F)(F)F)cc1F)N=CC2. The van der Waals surface area contributed by atoms with E-state index in [1.54, 1.807) is 0 Å². The molecule has 1 N–H and O–H groups in total. The predicted molar refractivity (Wildman–Crippen MR) is 76.4 cm³/mol. The summed E-state index contributed by atoms with van der Waals surface area (Å²) in [7, 11) is 0. The Labute approximate surface area is 136 Å². The van der Waals surface area contributed by atoms with E-state index in [1.807, 2.05) is 0 Å². The zero-order valence-corrected chi connectivity index (χ0v) is 12.2. The number of nitrogens with zero attached hydrogens (tertiary/aromatic N) is 4. The van der Waals surface area contributed by atoms with Crippen LogP contribution in [0, 0.1) is 5.82 Å². The average Bonchev–Trinajstić information content (AvgIpc) is 2.79. The zero-order valence-electron chi connectivity index (χ0n) is 12.2. The number of benzene rings is 1. The molecule has 25 heavy (non-hydrogen) atoms. The van der Waals surface area contributed by atoms with Crippen LogP contribution in [0.5, 0.6) is 5.75 Å². The number of carboxylic acid groups (broad SMARTS) is 1. The number of aliphatic imine (C=N–C) groups is 1. The van der Waals surface area contributed by atoms with Gasteiger partial charge in [0.1, 0.15) is 17.4 Å². The fourth-order valence-corrected chi connectivity index (χ4v) is 2.10. The van der Waals surface area contributed by atoms with Crippen molar-refractivity contribution in [1.29, 1.82) is 0 Å². The van der Waals surface area contributed by atoms with Crippen LogP contribution in [-0.2, 0) is 6.42 Å². The van der Waals surface area contributed by atoms with Gasteiger partial charge in [0.05, 0.1) is 11.9 Å². The van der Waals surface area contributed by atoms with E-state index in [1.165, 1.54) is 12.4 Å². The van der Waals surface area contributed by atoms with Crippen molar-refractivity contribution in [2.45, 2.75) is 12.8 Å². The molecule has 0 unspecified atom stereocenters. The lowest BCUT2D eigenvalue weighted by molar-refractivity contribution is -0.274. The van der Waals surface area contributed by atoms with Crippen molar-refractivity contribution < 1.29 is 32.2 Å². The molecule has 130 valence electrons. The Morgan fingerprint density at radius 1 is 1.32 bits per heavy atom. The molecule has 0 fully saturated rings. The van der Waals surface area contributed by atoms with Gasteiger partial charge in [0.25, 0.3) is 5.82 Å². The minimum absolute atomic E-state index is 0.0386. The Hall–Kier alpha value is -3.24. The van der Waals surface area contributed by atoms with E-state index in [9.17, 15) is 22.4 Å². The van der Waals surface area contributed by atoms with Crippen LogP contribution in [0.2, 0.25) is 0 Å². The van der Waals surface area contributed by atoms with Crippen LogP contribution in [0.4, 0.5) is 17.6 Å². The van der Waals surface area contributed by atoms with Crippen LogP contribution in [0.15, 0.2) is 23.2 Å². The monoisotopic (exact) mass is 356 g/mol. The molecule has 2 heterocycles. The Morgan fingerprint density at radius 3 is 2.72 bits per heavy atom. The summed E-state index contributed by atoms with van der Waals surface area (Å²) in [6.45, 7) is 0. The van der Waals surface area contributed by atoms with E-state index in [0.717, 1.165) is 16.8 Å². The molecule has 1 aliphatic heterocycles. The maximum atomic E-state index is 14.2. The van der Waals surface area contributed by atoms with Gasteiger partial charge in [-0.1, -0.05) is 0 Å². The number of carbonyl (C=O) groups is 1. The molecule has 1 aliphatic rings. The third-order valence-corrected chi connectivity index (χ3v) is 3.09. The number of rotatable bonds is 3. The average molecular weight is 356 g/mol. The van der Waals surface area contributed by atoms with Gasteiger partial charge in [-0.2, -0.15) is 0 Å². The molecule has 0 atom stereocenters. The summed E-state index contributed by atoms with van der Waals surface area (Å²) in [5, 5.41) is 12.6. The largest absolute Gasteiger partial charge is 0.573 e. The van der Waals surface area contributed by atoms with Gasteiger partial charge in [-0.05, 0) is 12.1 Å². The van der Waals surface area contributed by atoms with Gasteiger partial charge in [0, 0.05) is 24.3 Å². The number of halogens is 4. The first kappa shape index (κ1) is 16.6. The summed E-state index contributed by atoms with van der Waals surface area (Å²) in [5.74, 6) is -3.19. The van der Waals surface area contributed by atoms with Gasteiger partial charge >= 0.3 is 12.3 Å². The van der Waals surface area contributed by atoms with E-state index in [2.05, 4.69) is 19.8 Å². The van der Waals surface area contributed by atoms with Gasteiger partial charge < -0.3 is 9.84 Å². The Morgan fingerprint density at radius 2 is 2.08 bits per heavy atom. The second-order valence-electron chi connectivity index (χ2n) is 4.82. The highest BCUT2D eigenvalue weighted by Crippen LogP contribution is 2.28. The highest BCUT2D eigenvalue weighted by Gasteiger charge is 2.31. The molecule has 0 saturated carbocycles. The van der Waals surface area contributed by atoms with Gasteiger partial charge in [0.2, 0.25) is 0 Å². The van der Waals surface area contributed by atoms with Crippen LogP contribution in [0.1, 0.15) is 22.0 Å². The summed E-state index contributed by atoms with van der Waals surface area (Å²) in [6, 6.07) is 2.59. The summed E-state index contributed by atoms with van der Waals surface area (Å²) in [6.07, 6.45) is -2.18. The Kier molecular flexibility index (Phi) is 3.99. The standard InChI is InChI=1S/C14H8F4N4O3/c15-9-5-7(25-14(16,17)18)1-2-8(9)10-6-22-11(3-4-19-10)20-12(21-22)13(23)24/h1-2,4-6H,3H2,(H,23,24). The lowest BCUT2D eigenvalue weighted by Crippen LogP contribution is -2.17. The van der Waals surface area contributed by atoms with E-state index < -0.39 is 29.7 Å². The molecule has 7 nitrogen and oxygen atoms in total. The second kappa shape index (κ2) is 6.00. The molecule has 1 aromatic carbocycles. The number of hydrogen-bond donors (Lipinski definition) is 1. The third kappa shape index (κ3) is 3.65. The van der Waals surface area contributed by atoms with Crippen molar-refractivity contribution in [1.82, 2.24) is 14.8 Å². The first-order chi connectivity index (χ1) is 11.7. The predicted octanol–water partition coefficient (Wildman–Crippen LogP) is 2.60. The van der Waals surface area contributed by atoms with Gasteiger partial charge in [0.15, 0.2) is 0 Å². The van der Waals surface area contributed by atoms with E-state index in [4.69, 9.17) is 5.11 Å². The lowest BCUT2D eigenvalue weighted by Gasteiger charge is -2.10. The molecule has 2 aromatic rings. The van der Waals surface area contributed by atoms with Crippen molar-refractivity contribution in [3.8, 4) is 5.75 Å². The van der Waals surface area contributed by atoms with Crippen molar-refractivity contribution in [2.24, 2.45) is 4.99 Å². The molecule has 0 radical (unpaired) electrons.